The van der Waals surface area contributed by atoms with E-state index in [0.717, 1.165) is 11.8 Å². The van der Waals surface area contributed by atoms with Gasteiger partial charge in [-0.05, 0) is 17.7 Å². The second-order valence-electron chi connectivity index (χ2n) is 4.94. The molecule has 0 atom stereocenters. The minimum atomic E-state index is -1.10. The van der Waals surface area contributed by atoms with Crippen LogP contribution < -0.4 is 5.32 Å². The lowest BCUT2D eigenvalue weighted by Gasteiger charge is -2.02. The Labute approximate surface area is 136 Å². The van der Waals surface area contributed by atoms with Gasteiger partial charge in [0.2, 0.25) is 5.95 Å². The average Bonchev–Trinajstić information content (AvgIpc) is 3.02. The smallest absolute Gasteiger partial charge is 0.337 e. The number of rotatable bonds is 5. The van der Waals surface area contributed by atoms with Crippen molar-refractivity contribution in [3.05, 3.63) is 71.8 Å². The van der Waals surface area contributed by atoms with Crippen molar-refractivity contribution in [3.63, 3.8) is 0 Å². The van der Waals surface area contributed by atoms with Gasteiger partial charge in [-0.2, -0.15) is 0 Å². The molecule has 0 aliphatic rings. The van der Waals surface area contributed by atoms with E-state index in [9.17, 15) is 9.59 Å². The van der Waals surface area contributed by atoms with Crippen molar-refractivity contribution < 1.29 is 14.7 Å². The fraction of sp³-hybridized carbons (Fsp3) is 0.0625. The summed E-state index contributed by atoms with van der Waals surface area (Å²) in [5, 5.41) is 15.5. The van der Waals surface area contributed by atoms with Crippen LogP contribution in [0.3, 0.4) is 0 Å². The number of aromatic nitrogens is 4. The van der Waals surface area contributed by atoms with E-state index in [0.29, 0.717) is 6.54 Å². The summed E-state index contributed by atoms with van der Waals surface area (Å²) in [5.74, 6) is -1.46. The number of amides is 1. The topological polar surface area (TPSA) is 110 Å². The molecule has 2 aromatic heterocycles. The number of carboxylic acids is 1. The molecule has 0 unspecified atom stereocenters. The first-order valence-corrected chi connectivity index (χ1v) is 7.06. The number of carbonyl (C=O) groups is 2. The molecule has 0 fully saturated rings. The van der Waals surface area contributed by atoms with E-state index in [-0.39, 0.29) is 17.2 Å². The highest BCUT2D eigenvalue weighted by atomic mass is 16.4. The van der Waals surface area contributed by atoms with Gasteiger partial charge in [0.1, 0.15) is 12.0 Å². The first-order chi connectivity index (χ1) is 11.6. The summed E-state index contributed by atoms with van der Waals surface area (Å²) in [6, 6.07) is 12.4. The van der Waals surface area contributed by atoms with Gasteiger partial charge in [0, 0.05) is 6.20 Å². The first kappa shape index (κ1) is 15.3. The quantitative estimate of drug-likeness (QED) is 0.739. The summed E-state index contributed by atoms with van der Waals surface area (Å²) in [6.07, 6.45) is 2.64. The number of nitrogens with zero attached hydrogens (tertiary/aromatic N) is 4. The van der Waals surface area contributed by atoms with E-state index in [4.69, 9.17) is 5.11 Å². The molecular formula is C16H13N5O3. The van der Waals surface area contributed by atoms with Crippen LogP contribution >= 0.6 is 0 Å². The van der Waals surface area contributed by atoms with Crippen LogP contribution in [0, 0.1) is 0 Å². The number of anilines is 1. The summed E-state index contributed by atoms with van der Waals surface area (Å²) in [4.78, 5) is 30.7. The molecule has 0 aliphatic heterocycles. The lowest BCUT2D eigenvalue weighted by atomic mass is 10.2. The van der Waals surface area contributed by atoms with Crippen LogP contribution in [0.4, 0.5) is 5.95 Å². The lowest BCUT2D eigenvalue weighted by molar-refractivity contribution is 0.0695. The molecule has 0 spiro atoms. The van der Waals surface area contributed by atoms with Crippen molar-refractivity contribution in [1.29, 1.82) is 0 Å². The zero-order valence-electron chi connectivity index (χ0n) is 12.5. The number of hydrogen-bond acceptors (Lipinski definition) is 5. The molecule has 2 N–H and O–H groups in total. The molecule has 0 aliphatic carbocycles. The van der Waals surface area contributed by atoms with Crippen LogP contribution in [0.25, 0.3) is 0 Å². The van der Waals surface area contributed by atoms with Gasteiger partial charge in [0.05, 0.1) is 12.1 Å². The molecule has 0 saturated carbocycles. The van der Waals surface area contributed by atoms with Gasteiger partial charge in [-0.3, -0.25) is 15.1 Å². The van der Waals surface area contributed by atoms with Crippen molar-refractivity contribution in [2.75, 3.05) is 5.32 Å². The third kappa shape index (κ3) is 3.61. The van der Waals surface area contributed by atoms with Crippen LogP contribution in [0.5, 0.6) is 0 Å². The molecule has 3 aromatic rings. The van der Waals surface area contributed by atoms with E-state index in [1.54, 1.807) is 4.68 Å². The summed E-state index contributed by atoms with van der Waals surface area (Å²) in [7, 11) is 0. The molecule has 24 heavy (non-hydrogen) atoms. The predicted octanol–water partition coefficient (Wildman–Crippen LogP) is 1.67. The molecule has 120 valence electrons. The molecule has 0 radical (unpaired) electrons. The number of pyridine rings is 1. The van der Waals surface area contributed by atoms with E-state index in [2.05, 4.69) is 20.4 Å². The molecule has 0 saturated heterocycles. The van der Waals surface area contributed by atoms with Gasteiger partial charge < -0.3 is 5.11 Å². The highest BCUT2D eigenvalue weighted by Gasteiger charge is 2.12. The fourth-order valence-corrected chi connectivity index (χ4v) is 2.02. The highest BCUT2D eigenvalue weighted by Crippen LogP contribution is 2.06. The molecule has 1 amide bonds. The number of nitrogens with one attached hydrogen (secondary N) is 1. The van der Waals surface area contributed by atoms with Crippen molar-refractivity contribution in [2.24, 2.45) is 0 Å². The Hall–Kier alpha value is -3.55. The van der Waals surface area contributed by atoms with E-state index in [1.807, 2.05) is 30.3 Å². The van der Waals surface area contributed by atoms with E-state index < -0.39 is 11.9 Å². The molecule has 3 rings (SSSR count). The van der Waals surface area contributed by atoms with Gasteiger partial charge >= 0.3 is 5.97 Å². The SMILES string of the molecule is O=C(O)c1ccc(C(=O)Nc2ncn(Cc3ccccc3)n2)nc1. The second kappa shape index (κ2) is 6.69. The van der Waals surface area contributed by atoms with Crippen LogP contribution in [0.2, 0.25) is 0 Å². The summed E-state index contributed by atoms with van der Waals surface area (Å²) in [6.45, 7) is 0.537. The van der Waals surface area contributed by atoms with Crippen molar-refractivity contribution in [3.8, 4) is 0 Å². The van der Waals surface area contributed by atoms with Crippen molar-refractivity contribution in [2.45, 2.75) is 6.54 Å². The molecule has 2 heterocycles. The molecular weight excluding hydrogens is 310 g/mol. The van der Waals surface area contributed by atoms with Gasteiger partial charge in [0.15, 0.2) is 0 Å². The van der Waals surface area contributed by atoms with Gasteiger partial charge in [-0.1, -0.05) is 30.3 Å². The van der Waals surface area contributed by atoms with Crippen LogP contribution in [-0.2, 0) is 6.54 Å². The maximum absolute atomic E-state index is 12.1. The molecule has 1 aromatic carbocycles. The molecule has 8 nitrogen and oxygen atoms in total. The standard InChI is InChI=1S/C16H13N5O3/c22-14(13-7-6-12(8-17-13)15(23)24)19-16-18-10-21(20-16)9-11-4-2-1-3-5-11/h1-8,10H,9H2,(H,23,24)(H,19,20,22). The predicted molar refractivity (Wildman–Crippen MR) is 84.7 cm³/mol. The largest absolute Gasteiger partial charge is 0.478 e. The maximum atomic E-state index is 12.1. The van der Waals surface area contributed by atoms with E-state index >= 15 is 0 Å². The Morgan fingerprint density at radius 3 is 2.54 bits per heavy atom. The van der Waals surface area contributed by atoms with Gasteiger partial charge in [0.25, 0.3) is 5.91 Å². The van der Waals surface area contributed by atoms with Crippen LogP contribution in [0.15, 0.2) is 55.0 Å². The normalized spacial score (nSPS) is 10.3. The summed E-state index contributed by atoms with van der Waals surface area (Å²) >= 11 is 0. The van der Waals surface area contributed by atoms with Crippen molar-refractivity contribution in [1.82, 2.24) is 19.7 Å². The second-order valence-corrected chi connectivity index (χ2v) is 4.94. The first-order valence-electron chi connectivity index (χ1n) is 7.06. The Morgan fingerprint density at radius 2 is 1.88 bits per heavy atom. The van der Waals surface area contributed by atoms with Crippen LogP contribution in [-0.4, -0.2) is 36.7 Å². The minimum Gasteiger partial charge on any atom is -0.478 e. The highest BCUT2D eigenvalue weighted by molar-refractivity contribution is 6.02. The average molecular weight is 323 g/mol. The third-order valence-electron chi connectivity index (χ3n) is 3.19. The third-order valence-corrected chi connectivity index (χ3v) is 3.19. The number of aromatic carboxylic acids is 1. The zero-order chi connectivity index (χ0) is 16.9. The number of carboxylic acid groups (broad SMARTS) is 1. The lowest BCUT2D eigenvalue weighted by Crippen LogP contribution is -2.15. The van der Waals surface area contributed by atoms with Gasteiger partial charge in [-0.25, -0.2) is 14.5 Å². The number of benzene rings is 1. The Bertz CT molecular complexity index is 859. The monoisotopic (exact) mass is 323 g/mol. The minimum absolute atomic E-state index is 0.0109. The molecule has 8 heteroatoms. The summed E-state index contributed by atoms with van der Waals surface area (Å²) < 4.78 is 1.60. The fourth-order valence-electron chi connectivity index (χ4n) is 2.02. The Balaban J connectivity index is 1.65. The van der Waals surface area contributed by atoms with E-state index in [1.165, 1.54) is 18.5 Å². The number of hydrogen-bond donors (Lipinski definition) is 2. The Kier molecular flexibility index (Phi) is 4.28. The summed E-state index contributed by atoms with van der Waals surface area (Å²) in [5.41, 5.74) is 1.16. The van der Waals surface area contributed by atoms with Gasteiger partial charge in [-0.15, -0.1) is 5.10 Å². The molecule has 0 bridgehead atoms. The zero-order valence-corrected chi connectivity index (χ0v) is 12.5. The van der Waals surface area contributed by atoms with Crippen molar-refractivity contribution >= 4 is 17.8 Å². The maximum Gasteiger partial charge on any atom is 0.337 e. The Morgan fingerprint density at radius 1 is 1.08 bits per heavy atom. The number of carbonyl (C=O) groups excluding carboxylic acids is 1. The van der Waals surface area contributed by atoms with Crippen LogP contribution in [0.1, 0.15) is 26.4 Å².